The van der Waals surface area contributed by atoms with Gasteiger partial charge >= 0.3 is 0 Å². The molecule has 1 aromatic rings. The lowest BCUT2D eigenvalue weighted by atomic mass is 10.1. The summed E-state index contributed by atoms with van der Waals surface area (Å²) in [4.78, 5) is 10.1. The Bertz CT molecular complexity index is 385. The van der Waals surface area contributed by atoms with Gasteiger partial charge in [0.1, 0.15) is 5.75 Å². The number of aldehydes is 1. The first-order valence-electron chi connectivity index (χ1n) is 4.04. The van der Waals surface area contributed by atoms with Gasteiger partial charge in [0.25, 0.3) is 0 Å². The number of carbonyl (C=O) groups is 1. The van der Waals surface area contributed by atoms with Crippen molar-refractivity contribution in [3.8, 4) is 17.6 Å². The minimum absolute atomic E-state index is 0.0558. The van der Waals surface area contributed by atoms with Crippen LogP contribution in [0.25, 0.3) is 0 Å². The van der Waals surface area contributed by atoms with Crippen molar-refractivity contribution in [3.05, 3.63) is 29.3 Å². The summed E-state index contributed by atoms with van der Waals surface area (Å²) in [5, 5.41) is 8.89. The molecule has 0 heterocycles. The Morgan fingerprint density at radius 1 is 1.57 bits per heavy atom. The zero-order chi connectivity index (χ0) is 10.4. The van der Waals surface area contributed by atoms with Gasteiger partial charge in [0, 0.05) is 0 Å². The normalized spacial score (nSPS) is 8.71. The Morgan fingerprint density at radius 3 is 2.93 bits per heavy atom. The van der Waals surface area contributed by atoms with Crippen molar-refractivity contribution in [2.45, 2.75) is 6.61 Å². The van der Waals surface area contributed by atoms with Gasteiger partial charge in [0.15, 0.2) is 6.29 Å². The van der Waals surface area contributed by atoms with Crippen molar-refractivity contribution in [3.63, 3.8) is 0 Å². The highest BCUT2D eigenvalue weighted by atomic mass is 16.5. The van der Waals surface area contributed by atoms with Crippen LogP contribution in [-0.4, -0.2) is 18.5 Å². The highest BCUT2D eigenvalue weighted by molar-refractivity contribution is 5.74. The van der Waals surface area contributed by atoms with Crippen molar-refractivity contribution in [1.29, 1.82) is 0 Å². The lowest BCUT2D eigenvalue weighted by molar-refractivity contribution is -0.103. The van der Waals surface area contributed by atoms with Crippen LogP contribution in [0.5, 0.6) is 5.75 Å². The van der Waals surface area contributed by atoms with E-state index >= 15 is 0 Å². The maximum Gasteiger partial charge on any atom is 0.193 e. The molecule has 3 heteroatoms. The fraction of sp³-hybridized carbons (Fsp3) is 0.182. The summed E-state index contributed by atoms with van der Waals surface area (Å²) in [6.45, 7) is -0.0558. The fourth-order valence-electron chi connectivity index (χ4n) is 1.06. The maximum atomic E-state index is 10.1. The molecule has 3 nitrogen and oxygen atoms in total. The van der Waals surface area contributed by atoms with Crippen LogP contribution in [0.1, 0.15) is 11.1 Å². The van der Waals surface area contributed by atoms with E-state index in [1.807, 2.05) is 0 Å². The van der Waals surface area contributed by atoms with Gasteiger partial charge in [-0.15, -0.1) is 0 Å². The molecule has 0 saturated heterocycles. The molecule has 0 amide bonds. The second-order valence-corrected chi connectivity index (χ2v) is 2.58. The number of methoxy groups -OCH3 is 1. The topological polar surface area (TPSA) is 46.5 Å². The van der Waals surface area contributed by atoms with Crippen LogP contribution in [0.4, 0.5) is 0 Å². The molecule has 0 spiro atoms. The van der Waals surface area contributed by atoms with Crippen molar-refractivity contribution >= 4 is 6.29 Å². The molecule has 0 aliphatic heterocycles. The third kappa shape index (κ3) is 2.35. The lowest BCUT2D eigenvalue weighted by Gasteiger charge is -2.04. The number of benzene rings is 1. The van der Waals surface area contributed by atoms with E-state index in [9.17, 15) is 4.79 Å². The van der Waals surface area contributed by atoms with E-state index in [4.69, 9.17) is 9.84 Å². The standard InChI is InChI=1S/C11H10O3/c1-14-11-5-4-9(8-13)7-10(11)3-2-6-12/h4-7,13H,8H2,1H3. The van der Waals surface area contributed by atoms with Crippen molar-refractivity contribution in [2.24, 2.45) is 0 Å². The molecule has 1 rings (SSSR count). The third-order valence-electron chi connectivity index (χ3n) is 1.71. The summed E-state index contributed by atoms with van der Waals surface area (Å²) < 4.78 is 5.04. The van der Waals surface area contributed by atoms with E-state index in [0.717, 1.165) is 5.56 Å². The van der Waals surface area contributed by atoms with Gasteiger partial charge in [0.05, 0.1) is 19.3 Å². The number of aliphatic hydroxyl groups is 1. The first kappa shape index (κ1) is 10.3. The number of ether oxygens (including phenoxy) is 1. The van der Waals surface area contributed by atoms with E-state index in [0.29, 0.717) is 17.6 Å². The molecule has 14 heavy (non-hydrogen) atoms. The Hall–Kier alpha value is -1.79. The number of aliphatic hydroxyl groups excluding tert-OH is 1. The fourth-order valence-corrected chi connectivity index (χ4v) is 1.06. The Labute approximate surface area is 82.3 Å². The van der Waals surface area contributed by atoms with Crippen LogP contribution in [-0.2, 0) is 11.4 Å². The zero-order valence-corrected chi connectivity index (χ0v) is 7.78. The SMILES string of the molecule is COc1ccc(CO)cc1C#CC=O. The van der Waals surface area contributed by atoms with Crippen LogP contribution in [0.2, 0.25) is 0 Å². The highest BCUT2D eigenvalue weighted by Gasteiger charge is 2.00. The van der Waals surface area contributed by atoms with Gasteiger partial charge < -0.3 is 9.84 Å². The van der Waals surface area contributed by atoms with Crippen molar-refractivity contribution in [1.82, 2.24) is 0 Å². The average molecular weight is 190 g/mol. The Kier molecular flexibility index (Phi) is 3.71. The average Bonchev–Trinajstić information content (AvgIpc) is 2.25. The largest absolute Gasteiger partial charge is 0.495 e. The molecular formula is C11H10O3. The molecular weight excluding hydrogens is 180 g/mol. The molecule has 0 atom stereocenters. The molecule has 0 saturated carbocycles. The first-order chi connectivity index (χ1) is 6.81. The van der Waals surface area contributed by atoms with Gasteiger partial charge in [0.2, 0.25) is 0 Å². The summed E-state index contributed by atoms with van der Waals surface area (Å²) in [6, 6.07) is 5.14. The molecule has 0 aliphatic carbocycles. The molecule has 0 unspecified atom stereocenters. The number of hydrogen-bond acceptors (Lipinski definition) is 3. The second-order valence-electron chi connectivity index (χ2n) is 2.58. The third-order valence-corrected chi connectivity index (χ3v) is 1.71. The second kappa shape index (κ2) is 5.05. The van der Waals surface area contributed by atoms with Crippen LogP contribution < -0.4 is 4.74 Å². The first-order valence-corrected chi connectivity index (χ1v) is 4.04. The summed E-state index contributed by atoms with van der Waals surface area (Å²) in [6.07, 6.45) is 0.519. The maximum absolute atomic E-state index is 10.1. The van der Waals surface area contributed by atoms with Crippen LogP contribution in [0, 0.1) is 11.8 Å². The predicted octanol–water partition coefficient (Wildman–Crippen LogP) is 0.738. The summed E-state index contributed by atoms with van der Waals surface area (Å²) in [5.74, 6) is 5.53. The van der Waals surface area contributed by atoms with Crippen molar-refractivity contribution in [2.75, 3.05) is 7.11 Å². The molecule has 0 radical (unpaired) electrons. The lowest BCUT2D eigenvalue weighted by Crippen LogP contribution is -1.91. The summed E-state index contributed by atoms with van der Waals surface area (Å²) in [7, 11) is 1.53. The van der Waals surface area contributed by atoms with Crippen LogP contribution in [0.15, 0.2) is 18.2 Å². The molecule has 72 valence electrons. The van der Waals surface area contributed by atoms with E-state index < -0.39 is 0 Å². The summed E-state index contributed by atoms with van der Waals surface area (Å²) >= 11 is 0. The predicted molar refractivity (Wildman–Crippen MR) is 51.9 cm³/mol. The van der Waals surface area contributed by atoms with E-state index in [1.165, 1.54) is 7.11 Å². The van der Waals surface area contributed by atoms with Crippen molar-refractivity contribution < 1.29 is 14.6 Å². The molecule has 0 aromatic heterocycles. The molecule has 0 aliphatic rings. The minimum Gasteiger partial charge on any atom is -0.495 e. The molecule has 1 aromatic carbocycles. The van der Waals surface area contributed by atoms with Gasteiger partial charge in [-0.2, -0.15) is 0 Å². The minimum atomic E-state index is -0.0558. The number of carbonyl (C=O) groups excluding carboxylic acids is 1. The quantitative estimate of drug-likeness (QED) is 0.552. The zero-order valence-electron chi connectivity index (χ0n) is 7.78. The summed E-state index contributed by atoms with van der Waals surface area (Å²) in [5.41, 5.74) is 1.34. The number of hydrogen-bond donors (Lipinski definition) is 1. The van der Waals surface area contributed by atoms with E-state index in [-0.39, 0.29) is 6.61 Å². The molecule has 0 bridgehead atoms. The Morgan fingerprint density at radius 2 is 2.36 bits per heavy atom. The van der Waals surface area contributed by atoms with Gasteiger partial charge in [-0.25, -0.2) is 0 Å². The Balaban J connectivity index is 3.14. The van der Waals surface area contributed by atoms with E-state index in [1.54, 1.807) is 18.2 Å². The number of rotatable bonds is 2. The van der Waals surface area contributed by atoms with Gasteiger partial charge in [-0.1, -0.05) is 12.0 Å². The van der Waals surface area contributed by atoms with E-state index in [2.05, 4.69) is 11.8 Å². The monoisotopic (exact) mass is 190 g/mol. The molecule has 0 fully saturated rings. The molecule has 1 N–H and O–H groups in total. The van der Waals surface area contributed by atoms with Gasteiger partial charge in [-0.05, 0) is 23.6 Å². The smallest absolute Gasteiger partial charge is 0.193 e. The van der Waals surface area contributed by atoms with Crippen LogP contribution >= 0.6 is 0 Å². The van der Waals surface area contributed by atoms with Gasteiger partial charge in [-0.3, -0.25) is 4.79 Å². The van der Waals surface area contributed by atoms with Crippen LogP contribution in [0.3, 0.4) is 0 Å². The highest BCUT2D eigenvalue weighted by Crippen LogP contribution is 2.18.